The predicted octanol–water partition coefficient (Wildman–Crippen LogP) is 3.67. The molecule has 1 aliphatic rings. The number of benzene rings is 2. The number of ether oxygens (including phenoxy) is 1. The second kappa shape index (κ2) is 9.82. The largest absolute Gasteiger partial charge is 0.482 e. The lowest BCUT2D eigenvalue weighted by atomic mass is 10.1. The van der Waals surface area contributed by atoms with Crippen molar-refractivity contribution in [3.8, 4) is 5.75 Å². The minimum Gasteiger partial charge on any atom is -0.482 e. The molecule has 0 fully saturated rings. The van der Waals surface area contributed by atoms with E-state index in [4.69, 9.17) is 4.74 Å². The first-order valence-electron chi connectivity index (χ1n) is 11.0. The van der Waals surface area contributed by atoms with Crippen LogP contribution in [0.4, 0.5) is 17.1 Å². The van der Waals surface area contributed by atoms with E-state index in [1.54, 1.807) is 13.0 Å². The van der Waals surface area contributed by atoms with E-state index < -0.39 is 15.1 Å². The van der Waals surface area contributed by atoms with E-state index in [1.165, 1.54) is 13.0 Å². The van der Waals surface area contributed by atoms with Gasteiger partial charge in [-0.1, -0.05) is 0 Å². The average molecular weight is 474 g/mol. The molecule has 9 heteroatoms. The first-order chi connectivity index (χ1) is 15.6. The molecule has 0 bridgehead atoms. The van der Waals surface area contributed by atoms with Gasteiger partial charge in [-0.2, -0.15) is 0 Å². The summed E-state index contributed by atoms with van der Waals surface area (Å²) >= 11 is 0. The van der Waals surface area contributed by atoms with Crippen LogP contribution >= 0.6 is 0 Å². The Labute approximate surface area is 195 Å². The zero-order valence-electron chi connectivity index (χ0n) is 19.7. The van der Waals surface area contributed by atoms with Gasteiger partial charge in [-0.25, -0.2) is 8.42 Å². The molecular weight excluding hydrogens is 442 g/mol. The van der Waals surface area contributed by atoms with Crippen LogP contribution < -0.4 is 20.3 Å². The molecule has 0 saturated carbocycles. The molecule has 8 nitrogen and oxygen atoms in total. The van der Waals surface area contributed by atoms with Crippen LogP contribution in [-0.2, 0) is 19.4 Å². The van der Waals surface area contributed by atoms with Crippen LogP contribution in [-0.4, -0.2) is 45.2 Å². The number of nitrogens with one attached hydrogen (secondary N) is 2. The number of amides is 2. The number of carbonyl (C=O) groups is 2. The number of rotatable bonds is 8. The maximum absolute atomic E-state index is 13.2. The van der Waals surface area contributed by atoms with Crippen LogP contribution in [0, 0.1) is 13.8 Å². The predicted molar refractivity (Wildman–Crippen MR) is 130 cm³/mol. The molecule has 1 heterocycles. The quantitative estimate of drug-likeness (QED) is 0.606. The molecule has 0 aliphatic carbocycles. The molecule has 3 rings (SSSR count). The van der Waals surface area contributed by atoms with Crippen LogP contribution in [0.5, 0.6) is 5.75 Å². The number of nitrogens with zero attached hydrogens (tertiary/aromatic N) is 1. The fourth-order valence-electron chi connectivity index (χ4n) is 3.88. The molecule has 0 radical (unpaired) electrons. The summed E-state index contributed by atoms with van der Waals surface area (Å²) in [5.74, 6) is -0.355. The normalized spacial score (nSPS) is 14.0. The smallest absolute Gasteiger partial charge is 0.262 e. The highest BCUT2D eigenvalue weighted by Crippen LogP contribution is 2.34. The number of carbonyl (C=O) groups excluding carboxylic acids is 2. The van der Waals surface area contributed by atoms with E-state index in [-0.39, 0.29) is 29.7 Å². The lowest BCUT2D eigenvalue weighted by molar-refractivity contribution is -0.118. The number of hydrogen-bond acceptors (Lipinski definition) is 6. The third-order valence-corrected chi connectivity index (χ3v) is 8.11. The van der Waals surface area contributed by atoms with Crippen molar-refractivity contribution in [2.24, 2.45) is 0 Å². The highest BCUT2D eigenvalue weighted by Gasteiger charge is 2.29. The Balaban J connectivity index is 1.74. The molecule has 2 N–H and O–H groups in total. The third kappa shape index (κ3) is 5.30. The van der Waals surface area contributed by atoms with Gasteiger partial charge < -0.3 is 20.3 Å². The molecule has 2 aromatic rings. The summed E-state index contributed by atoms with van der Waals surface area (Å²) in [4.78, 5) is 26.5. The Morgan fingerprint density at radius 1 is 1.15 bits per heavy atom. The van der Waals surface area contributed by atoms with Gasteiger partial charge in [0.05, 0.1) is 15.8 Å². The number of anilines is 3. The van der Waals surface area contributed by atoms with Gasteiger partial charge in [-0.15, -0.1) is 0 Å². The van der Waals surface area contributed by atoms with E-state index in [0.717, 1.165) is 24.3 Å². The summed E-state index contributed by atoms with van der Waals surface area (Å²) in [5.41, 5.74) is 3.57. The lowest BCUT2D eigenvalue weighted by Gasteiger charge is -2.22. The molecule has 33 heavy (non-hydrogen) atoms. The zero-order chi connectivity index (χ0) is 24.3. The van der Waals surface area contributed by atoms with Gasteiger partial charge in [0.1, 0.15) is 5.75 Å². The third-order valence-electron chi connectivity index (χ3n) is 5.83. The molecular formula is C24H31N3O5S. The highest BCUT2D eigenvalue weighted by molar-refractivity contribution is 7.92. The van der Waals surface area contributed by atoms with Gasteiger partial charge in [0.25, 0.3) is 5.91 Å². The number of sulfone groups is 1. The molecule has 2 aromatic carbocycles. The van der Waals surface area contributed by atoms with Gasteiger partial charge in [0.2, 0.25) is 5.91 Å². The molecule has 1 unspecified atom stereocenters. The second-order valence-corrected chi connectivity index (χ2v) is 10.6. The summed E-state index contributed by atoms with van der Waals surface area (Å²) in [6.07, 6.45) is -0.187. The molecule has 0 aromatic heterocycles. The maximum atomic E-state index is 13.2. The topological polar surface area (TPSA) is 105 Å². The Morgan fingerprint density at radius 3 is 2.48 bits per heavy atom. The van der Waals surface area contributed by atoms with Gasteiger partial charge in [0.15, 0.2) is 16.4 Å². The Kier molecular flexibility index (Phi) is 7.31. The fraction of sp³-hybridized carbons (Fsp3) is 0.417. The second-order valence-electron chi connectivity index (χ2n) is 8.23. The number of aryl methyl sites for hydroxylation is 2. The minimum absolute atomic E-state index is 0.0949. The standard InChI is InChI=1S/C24H31N3O5S/c1-6-27(7-2)18-8-9-19(15(3)10-18)25-23(28)12-17(5)33(30,31)22-13-21-20(11-16(22)4)26-24(29)14-32-21/h8-11,13,17H,6-7,12,14H2,1-5H3,(H,25,28)(H,26,29). The minimum atomic E-state index is -3.80. The summed E-state index contributed by atoms with van der Waals surface area (Å²) in [5, 5.41) is 4.57. The lowest BCUT2D eigenvalue weighted by Crippen LogP contribution is -2.28. The summed E-state index contributed by atoms with van der Waals surface area (Å²) < 4.78 is 31.8. The summed E-state index contributed by atoms with van der Waals surface area (Å²) in [7, 11) is -3.80. The van der Waals surface area contributed by atoms with Crippen molar-refractivity contribution in [3.05, 3.63) is 41.5 Å². The van der Waals surface area contributed by atoms with Crippen molar-refractivity contribution in [1.29, 1.82) is 0 Å². The van der Waals surface area contributed by atoms with E-state index in [1.807, 2.05) is 25.1 Å². The number of fused-ring (bicyclic) bond motifs is 1. The average Bonchev–Trinajstić information content (AvgIpc) is 2.75. The first kappa shape index (κ1) is 24.6. The Morgan fingerprint density at radius 2 is 1.85 bits per heavy atom. The van der Waals surface area contributed by atoms with Crippen molar-refractivity contribution < 1.29 is 22.7 Å². The fourth-order valence-corrected chi connectivity index (χ4v) is 5.47. The van der Waals surface area contributed by atoms with Crippen molar-refractivity contribution in [1.82, 2.24) is 0 Å². The molecule has 1 aliphatic heterocycles. The molecule has 0 saturated heterocycles. The van der Waals surface area contributed by atoms with E-state index >= 15 is 0 Å². The summed E-state index contributed by atoms with van der Waals surface area (Å²) in [6.45, 7) is 10.9. The molecule has 1 atom stereocenters. The first-order valence-corrected chi connectivity index (χ1v) is 12.6. The van der Waals surface area contributed by atoms with Gasteiger partial charge >= 0.3 is 0 Å². The molecule has 2 amide bonds. The zero-order valence-corrected chi connectivity index (χ0v) is 20.5. The van der Waals surface area contributed by atoms with Crippen molar-refractivity contribution in [2.75, 3.05) is 35.2 Å². The summed E-state index contributed by atoms with van der Waals surface area (Å²) in [6, 6.07) is 8.80. The monoisotopic (exact) mass is 473 g/mol. The molecule has 0 spiro atoms. The van der Waals surface area contributed by atoms with E-state index in [2.05, 4.69) is 29.4 Å². The van der Waals surface area contributed by atoms with Crippen LogP contribution in [0.15, 0.2) is 35.2 Å². The van der Waals surface area contributed by atoms with Crippen LogP contribution in [0.3, 0.4) is 0 Å². The van der Waals surface area contributed by atoms with E-state index in [0.29, 0.717) is 22.7 Å². The van der Waals surface area contributed by atoms with E-state index in [9.17, 15) is 18.0 Å². The van der Waals surface area contributed by atoms with Crippen molar-refractivity contribution in [2.45, 2.75) is 51.2 Å². The highest BCUT2D eigenvalue weighted by atomic mass is 32.2. The van der Waals surface area contributed by atoms with Gasteiger partial charge in [-0.05, 0) is 70.0 Å². The molecule has 178 valence electrons. The Bertz CT molecular complexity index is 1170. The van der Waals surface area contributed by atoms with Crippen LogP contribution in [0.25, 0.3) is 0 Å². The SMILES string of the molecule is CCN(CC)c1ccc(NC(=O)CC(C)S(=O)(=O)c2cc3c(cc2C)NC(=O)CO3)c(C)c1. The van der Waals surface area contributed by atoms with Crippen molar-refractivity contribution in [3.63, 3.8) is 0 Å². The van der Waals surface area contributed by atoms with Gasteiger partial charge in [-0.3, -0.25) is 9.59 Å². The van der Waals surface area contributed by atoms with Crippen LogP contribution in [0.1, 0.15) is 38.3 Å². The number of hydrogen-bond donors (Lipinski definition) is 2. The van der Waals surface area contributed by atoms with Crippen molar-refractivity contribution >= 4 is 38.7 Å². The van der Waals surface area contributed by atoms with Crippen LogP contribution in [0.2, 0.25) is 0 Å². The maximum Gasteiger partial charge on any atom is 0.262 e. The Hall–Kier alpha value is -3.07. The van der Waals surface area contributed by atoms with Gasteiger partial charge in [0, 0.05) is 37.0 Å².